The SMILES string of the molecule is COC(=O)C1=C(C)N(c2cccc(C(F)(F)F)c2)c2n[nH]c(=O)n2[C@@H]1c1ccc(C#N)cc1C[n+]1ccccc1.O=S(=O)([O-])CCO. The molecule has 5 rings (SSSR count). The molecule has 3 heterocycles. The summed E-state index contributed by atoms with van der Waals surface area (Å²) in [6.07, 6.45) is -0.956. The molecule has 13 nitrogen and oxygen atoms in total. The lowest BCUT2D eigenvalue weighted by Crippen LogP contribution is -2.39. The number of nitrogens with one attached hydrogen (secondary N) is 1. The largest absolute Gasteiger partial charge is 0.748 e. The van der Waals surface area contributed by atoms with E-state index in [9.17, 15) is 41.0 Å². The second-order valence-corrected chi connectivity index (χ2v) is 11.6. The minimum Gasteiger partial charge on any atom is -0.748 e. The summed E-state index contributed by atoms with van der Waals surface area (Å²) in [6.45, 7) is 1.26. The van der Waals surface area contributed by atoms with Gasteiger partial charge in [0.2, 0.25) is 5.95 Å². The maximum atomic E-state index is 13.6. The van der Waals surface area contributed by atoms with Crippen LogP contribution in [0.25, 0.3) is 0 Å². The van der Waals surface area contributed by atoms with Crippen molar-refractivity contribution in [2.45, 2.75) is 25.7 Å². The maximum absolute atomic E-state index is 13.6. The average Bonchev–Trinajstić information content (AvgIpc) is 3.40. The van der Waals surface area contributed by atoms with E-state index in [1.54, 1.807) is 25.1 Å². The van der Waals surface area contributed by atoms with Gasteiger partial charge >= 0.3 is 17.8 Å². The van der Waals surface area contributed by atoms with Gasteiger partial charge in [-0.1, -0.05) is 18.2 Å². The number of benzene rings is 2. The number of allylic oxidation sites excluding steroid dienone is 1. The van der Waals surface area contributed by atoms with Crippen LogP contribution in [0.4, 0.5) is 24.8 Å². The number of alkyl halides is 3. The Kier molecular flexibility index (Phi) is 10.3. The van der Waals surface area contributed by atoms with Crippen molar-refractivity contribution in [1.82, 2.24) is 14.8 Å². The van der Waals surface area contributed by atoms with Crippen molar-refractivity contribution in [3.05, 3.63) is 117 Å². The number of H-pyrrole nitrogens is 1. The number of ether oxygens (including phenoxy) is 1. The summed E-state index contributed by atoms with van der Waals surface area (Å²) in [4.78, 5) is 27.8. The van der Waals surface area contributed by atoms with Crippen LogP contribution < -0.4 is 15.2 Å². The van der Waals surface area contributed by atoms with E-state index in [2.05, 4.69) is 16.3 Å². The van der Waals surface area contributed by atoms with Gasteiger partial charge in [-0.3, -0.25) is 4.90 Å². The minimum absolute atomic E-state index is 0.0119. The summed E-state index contributed by atoms with van der Waals surface area (Å²) in [5.41, 5.74) is 0.241. The number of carbonyl (C=O) groups excluding carboxylic acids is 1. The zero-order valence-electron chi connectivity index (χ0n) is 24.8. The first-order chi connectivity index (χ1) is 22.2. The number of fused-ring (bicyclic) bond motifs is 1. The molecule has 0 saturated heterocycles. The third-order valence-electron chi connectivity index (χ3n) is 7.02. The normalized spacial score (nSPS) is 14.5. The Morgan fingerprint density at radius 1 is 1.17 bits per heavy atom. The maximum Gasteiger partial charge on any atom is 0.416 e. The summed E-state index contributed by atoms with van der Waals surface area (Å²) >= 11 is 0. The van der Waals surface area contributed by atoms with Crippen LogP contribution in [-0.2, 0) is 32.4 Å². The lowest BCUT2D eigenvalue weighted by atomic mass is 9.90. The van der Waals surface area contributed by atoms with Gasteiger partial charge in [-0.2, -0.15) is 18.4 Å². The third-order valence-corrected chi connectivity index (χ3v) is 7.70. The zero-order valence-corrected chi connectivity index (χ0v) is 25.6. The number of anilines is 2. The monoisotopic (exact) mass is 672 g/mol. The molecule has 0 saturated carbocycles. The van der Waals surface area contributed by atoms with Crippen LogP contribution in [0.5, 0.6) is 0 Å². The van der Waals surface area contributed by atoms with Crippen molar-refractivity contribution < 1.29 is 45.3 Å². The first-order valence-corrected chi connectivity index (χ1v) is 15.2. The number of rotatable bonds is 7. The number of aromatic amines is 1. The van der Waals surface area contributed by atoms with Gasteiger partial charge in [-0.15, -0.1) is 5.10 Å². The summed E-state index contributed by atoms with van der Waals surface area (Å²) in [7, 11) is -2.99. The quantitative estimate of drug-likeness (QED) is 0.168. The standard InChI is InChI=1S/C28H21F3N6O3.C2H6O4S/c1-17-23(25(38)40-2)24(22-10-9-18(15-32)13-19(22)16-35-11-4-3-5-12-35)37-26(33-34-27(37)39)36(17)21-8-6-7-20(14-21)28(29,30)31;3-1-2-7(4,5)6/h3-14,24H,16H2,1-2H3;3H,1-2H2,(H,4,5,6)/t24-;/m1./s1. The predicted octanol–water partition coefficient (Wildman–Crippen LogP) is 2.51. The molecule has 2 N–H and O–H groups in total. The van der Waals surface area contributed by atoms with E-state index in [-0.39, 0.29) is 22.9 Å². The molecule has 0 radical (unpaired) electrons. The molecular weight excluding hydrogens is 645 g/mol. The molecule has 0 bridgehead atoms. The number of pyridine rings is 1. The minimum atomic E-state index is -4.62. The Hall–Kier alpha value is -5.31. The number of nitriles is 1. The van der Waals surface area contributed by atoms with Crippen LogP contribution in [0.1, 0.15) is 35.2 Å². The topological polar surface area (TPSA) is 185 Å². The summed E-state index contributed by atoms with van der Waals surface area (Å²) in [6, 6.07) is 16.0. The number of aliphatic hydroxyl groups is 1. The first kappa shape index (κ1) is 34.6. The summed E-state index contributed by atoms with van der Waals surface area (Å²) < 4.78 is 77.4. The van der Waals surface area contributed by atoms with Gasteiger partial charge in [0, 0.05) is 29.1 Å². The van der Waals surface area contributed by atoms with Crippen LogP contribution in [0.3, 0.4) is 0 Å². The van der Waals surface area contributed by atoms with Crippen molar-refractivity contribution >= 4 is 27.7 Å². The Morgan fingerprint density at radius 2 is 1.87 bits per heavy atom. The smallest absolute Gasteiger partial charge is 0.416 e. The number of nitrogens with zero attached hydrogens (tertiary/aromatic N) is 5. The van der Waals surface area contributed by atoms with E-state index in [4.69, 9.17) is 9.84 Å². The molecule has 0 spiro atoms. The van der Waals surface area contributed by atoms with Crippen molar-refractivity contribution in [3.63, 3.8) is 0 Å². The van der Waals surface area contributed by atoms with Crippen LogP contribution in [0, 0.1) is 11.3 Å². The molecule has 1 aliphatic rings. The number of hydrogen-bond donors (Lipinski definition) is 2. The van der Waals surface area contributed by atoms with Crippen molar-refractivity contribution in [2.24, 2.45) is 0 Å². The van der Waals surface area contributed by atoms with Crippen LogP contribution >= 0.6 is 0 Å². The Labute approximate surface area is 266 Å². The number of esters is 1. The molecule has 0 fully saturated rings. The zero-order chi connectivity index (χ0) is 34.5. The lowest BCUT2D eigenvalue weighted by Gasteiger charge is -2.36. The molecule has 4 aromatic rings. The fourth-order valence-corrected chi connectivity index (χ4v) is 5.23. The van der Waals surface area contributed by atoms with Crippen LogP contribution in [-0.4, -0.2) is 58.3 Å². The van der Waals surface area contributed by atoms with E-state index < -0.39 is 51.9 Å². The van der Waals surface area contributed by atoms with Gasteiger partial charge in [0.05, 0.1) is 52.4 Å². The van der Waals surface area contributed by atoms with Crippen molar-refractivity contribution in [3.8, 4) is 6.07 Å². The molecule has 2 aromatic carbocycles. The second kappa shape index (κ2) is 14.0. The number of halogens is 3. The van der Waals surface area contributed by atoms with E-state index in [1.807, 2.05) is 35.2 Å². The molecule has 17 heteroatoms. The highest BCUT2D eigenvalue weighted by atomic mass is 32.2. The van der Waals surface area contributed by atoms with Crippen LogP contribution in [0.15, 0.2) is 89.1 Å². The van der Waals surface area contributed by atoms with Gasteiger partial charge in [0.1, 0.15) is 6.04 Å². The molecule has 47 heavy (non-hydrogen) atoms. The van der Waals surface area contributed by atoms with Gasteiger partial charge in [0.25, 0.3) is 0 Å². The molecule has 0 unspecified atom stereocenters. The van der Waals surface area contributed by atoms with E-state index in [1.165, 1.54) is 28.7 Å². The molecule has 0 aliphatic carbocycles. The Balaban J connectivity index is 0.000000644. The molecule has 1 aliphatic heterocycles. The van der Waals surface area contributed by atoms with Gasteiger partial charge in [-0.25, -0.2) is 32.2 Å². The Morgan fingerprint density at radius 3 is 2.45 bits per heavy atom. The number of carbonyl (C=O) groups is 1. The number of aromatic nitrogens is 4. The number of hydrogen-bond acceptors (Lipinski definition) is 10. The van der Waals surface area contributed by atoms with Gasteiger partial charge in [-0.05, 0) is 42.8 Å². The Bertz CT molecular complexity index is 2020. The fraction of sp³-hybridized carbons (Fsp3) is 0.233. The molecule has 2 aromatic heterocycles. The molecule has 246 valence electrons. The predicted molar refractivity (Wildman–Crippen MR) is 158 cm³/mol. The van der Waals surface area contributed by atoms with Gasteiger partial charge < -0.3 is 14.4 Å². The van der Waals surface area contributed by atoms with E-state index in [0.29, 0.717) is 23.2 Å². The molecular formula is C30H27F3N6O7S. The van der Waals surface area contributed by atoms with Crippen molar-refractivity contribution in [2.75, 3.05) is 24.4 Å². The lowest BCUT2D eigenvalue weighted by molar-refractivity contribution is -0.688. The fourth-order valence-electron chi connectivity index (χ4n) is 5.01. The average molecular weight is 673 g/mol. The van der Waals surface area contributed by atoms with Gasteiger partial charge in [0.15, 0.2) is 18.9 Å². The molecule has 0 amide bonds. The van der Waals surface area contributed by atoms with E-state index >= 15 is 0 Å². The number of methoxy groups -OCH3 is 1. The van der Waals surface area contributed by atoms with E-state index in [0.717, 1.165) is 12.1 Å². The summed E-state index contributed by atoms with van der Waals surface area (Å²) in [5, 5.41) is 23.9. The highest BCUT2D eigenvalue weighted by Crippen LogP contribution is 2.43. The third kappa shape index (κ3) is 7.74. The van der Waals surface area contributed by atoms with Crippen LogP contribution in [0.2, 0.25) is 0 Å². The van der Waals surface area contributed by atoms with Crippen molar-refractivity contribution in [1.29, 1.82) is 5.26 Å². The highest BCUT2D eigenvalue weighted by molar-refractivity contribution is 7.85. The highest BCUT2D eigenvalue weighted by Gasteiger charge is 2.41. The number of aliphatic hydroxyl groups excluding tert-OH is 1. The summed E-state index contributed by atoms with van der Waals surface area (Å²) in [5.74, 6) is -1.48. The second-order valence-electron chi connectivity index (χ2n) is 10.0. The first-order valence-electron chi connectivity index (χ1n) is 13.6. The molecule has 1 atom stereocenters.